The van der Waals surface area contributed by atoms with E-state index in [1.807, 2.05) is 0 Å². The first-order valence-corrected chi connectivity index (χ1v) is 6.08. The van der Waals surface area contributed by atoms with Gasteiger partial charge in [-0.2, -0.15) is 0 Å². The van der Waals surface area contributed by atoms with Crippen LogP contribution in [0.5, 0.6) is 0 Å². The van der Waals surface area contributed by atoms with Crippen molar-refractivity contribution < 1.29 is 4.79 Å². The number of hydrogen-bond acceptors (Lipinski definition) is 2. The molecule has 0 aromatic carbocycles. The molecule has 82 valence electrons. The fourth-order valence-corrected chi connectivity index (χ4v) is 2.73. The lowest BCUT2D eigenvalue weighted by Crippen LogP contribution is -2.40. The molecule has 0 bridgehead atoms. The van der Waals surface area contributed by atoms with E-state index < -0.39 is 0 Å². The van der Waals surface area contributed by atoms with Crippen molar-refractivity contribution in [3.05, 3.63) is 0 Å². The number of nitrogens with two attached hydrogens (primary N) is 1. The standard InChI is InChI=1S/C11H20ClNO/c1-2-10(13)9(7-12)8-5-3-4-6-11(8)14/h8-10H,2-7,13H2,1H3. The van der Waals surface area contributed by atoms with E-state index in [4.69, 9.17) is 17.3 Å². The van der Waals surface area contributed by atoms with Gasteiger partial charge in [-0.25, -0.2) is 0 Å². The summed E-state index contributed by atoms with van der Waals surface area (Å²) in [5.41, 5.74) is 5.98. The van der Waals surface area contributed by atoms with Gasteiger partial charge in [-0.05, 0) is 25.2 Å². The highest BCUT2D eigenvalue weighted by Crippen LogP contribution is 2.30. The number of carbonyl (C=O) groups is 1. The van der Waals surface area contributed by atoms with Crippen LogP contribution in [-0.4, -0.2) is 17.7 Å². The van der Waals surface area contributed by atoms with Crippen molar-refractivity contribution in [1.29, 1.82) is 0 Å². The molecule has 1 saturated carbocycles. The molecule has 0 heterocycles. The molecule has 1 fully saturated rings. The number of Topliss-reactive ketones (excluding diaryl/α,β-unsaturated/α-hetero) is 1. The zero-order valence-corrected chi connectivity index (χ0v) is 9.59. The summed E-state index contributed by atoms with van der Waals surface area (Å²) in [5, 5.41) is 0. The van der Waals surface area contributed by atoms with Crippen LogP contribution in [0.15, 0.2) is 0 Å². The van der Waals surface area contributed by atoms with Crippen LogP contribution in [0.3, 0.4) is 0 Å². The summed E-state index contributed by atoms with van der Waals surface area (Å²) in [5.74, 6) is 1.22. The summed E-state index contributed by atoms with van der Waals surface area (Å²) in [4.78, 5) is 11.7. The molecule has 0 spiro atoms. The summed E-state index contributed by atoms with van der Waals surface area (Å²) in [6.07, 6.45) is 4.82. The molecule has 3 atom stereocenters. The van der Waals surface area contributed by atoms with Crippen LogP contribution in [0.25, 0.3) is 0 Å². The van der Waals surface area contributed by atoms with Gasteiger partial charge in [0.2, 0.25) is 0 Å². The van der Waals surface area contributed by atoms with E-state index in [1.165, 1.54) is 0 Å². The Morgan fingerprint density at radius 3 is 2.79 bits per heavy atom. The van der Waals surface area contributed by atoms with Crippen LogP contribution >= 0.6 is 11.6 Å². The first-order valence-electron chi connectivity index (χ1n) is 5.55. The van der Waals surface area contributed by atoms with E-state index in [1.54, 1.807) is 0 Å². The maximum Gasteiger partial charge on any atom is 0.136 e. The van der Waals surface area contributed by atoms with Gasteiger partial charge < -0.3 is 5.73 Å². The molecule has 2 nitrogen and oxygen atoms in total. The number of carbonyl (C=O) groups excluding carboxylic acids is 1. The number of halogens is 1. The lowest BCUT2D eigenvalue weighted by atomic mass is 9.76. The highest BCUT2D eigenvalue weighted by atomic mass is 35.5. The molecule has 0 aliphatic heterocycles. The highest BCUT2D eigenvalue weighted by molar-refractivity contribution is 6.18. The molecule has 0 aromatic rings. The second-order valence-corrected chi connectivity index (χ2v) is 4.52. The van der Waals surface area contributed by atoms with E-state index >= 15 is 0 Å². The molecule has 0 amide bonds. The lowest BCUT2D eigenvalue weighted by molar-refractivity contribution is -0.126. The molecule has 0 aromatic heterocycles. The number of alkyl halides is 1. The van der Waals surface area contributed by atoms with Crippen LogP contribution in [0.2, 0.25) is 0 Å². The monoisotopic (exact) mass is 217 g/mol. The summed E-state index contributed by atoms with van der Waals surface area (Å²) in [6.45, 7) is 2.05. The van der Waals surface area contributed by atoms with E-state index in [0.717, 1.165) is 32.1 Å². The molecule has 14 heavy (non-hydrogen) atoms. The SMILES string of the molecule is CCC(N)C(CCl)C1CCCCC1=O. The molecule has 1 rings (SSSR count). The fraction of sp³-hybridized carbons (Fsp3) is 0.909. The average Bonchev–Trinajstić information content (AvgIpc) is 2.21. The maximum atomic E-state index is 11.7. The number of ketones is 1. The van der Waals surface area contributed by atoms with Gasteiger partial charge in [-0.1, -0.05) is 13.3 Å². The molecule has 2 N–H and O–H groups in total. The first-order chi connectivity index (χ1) is 6.70. The predicted molar refractivity (Wildman–Crippen MR) is 59.4 cm³/mol. The third-order valence-corrected chi connectivity index (χ3v) is 3.67. The minimum atomic E-state index is 0.0829. The summed E-state index contributed by atoms with van der Waals surface area (Å²) in [7, 11) is 0. The van der Waals surface area contributed by atoms with Gasteiger partial charge in [0.15, 0.2) is 0 Å². The number of hydrogen-bond donors (Lipinski definition) is 1. The minimum Gasteiger partial charge on any atom is -0.327 e. The van der Waals surface area contributed by atoms with Gasteiger partial charge in [0.25, 0.3) is 0 Å². The Hall–Kier alpha value is -0.0800. The van der Waals surface area contributed by atoms with E-state index in [-0.39, 0.29) is 17.9 Å². The molecule has 3 unspecified atom stereocenters. The number of rotatable bonds is 4. The maximum absolute atomic E-state index is 11.7. The smallest absolute Gasteiger partial charge is 0.136 e. The quantitative estimate of drug-likeness (QED) is 0.735. The molecule has 1 aliphatic carbocycles. The molecule has 3 heteroatoms. The van der Waals surface area contributed by atoms with Crippen molar-refractivity contribution in [2.24, 2.45) is 17.6 Å². The Morgan fingerprint density at radius 1 is 1.57 bits per heavy atom. The van der Waals surface area contributed by atoms with Crippen LogP contribution in [0.4, 0.5) is 0 Å². The van der Waals surface area contributed by atoms with Crippen molar-refractivity contribution in [2.75, 3.05) is 5.88 Å². The Balaban J connectivity index is 2.61. The third-order valence-electron chi connectivity index (χ3n) is 3.32. The van der Waals surface area contributed by atoms with E-state index in [0.29, 0.717) is 11.7 Å². The fourth-order valence-electron chi connectivity index (χ4n) is 2.29. The molecular weight excluding hydrogens is 198 g/mol. The van der Waals surface area contributed by atoms with Crippen molar-refractivity contribution in [3.63, 3.8) is 0 Å². The van der Waals surface area contributed by atoms with Crippen LogP contribution in [0, 0.1) is 11.8 Å². The third kappa shape index (κ3) is 2.71. The van der Waals surface area contributed by atoms with Gasteiger partial charge in [-0.15, -0.1) is 11.6 Å². The van der Waals surface area contributed by atoms with Crippen LogP contribution in [0.1, 0.15) is 39.0 Å². The molecular formula is C11H20ClNO. The van der Waals surface area contributed by atoms with Crippen molar-refractivity contribution in [3.8, 4) is 0 Å². The topological polar surface area (TPSA) is 43.1 Å². The van der Waals surface area contributed by atoms with Crippen LogP contribution in [-0.2, 0) is 4.79 Å². The molecule has 0 radical (unpaired) electrons. The zero-order chi connectivity index (χ0) is 10.6. The van der Waals surface area contributed by atoms with E-state index in [2.05, 4.69) is 6.92 Å². The van der Waals surface area contributed by atoms with Crippen molar-refractivity contribution in [1.82, 2.24) is 0 Å². The summed E-state index contributed by atoms with van der Waals surface area (Å²) in [6, 6.07) is 0.0829. The summed E-state index contributed by atoms with van der Waals surface area (Å²) < 4.78 is 0. The van der Waals surface area contributed by atoms with Gasteiger partial charge in [0.05, 0.1) is 0 Å². The Bertz CT molecular complexity index is 196. The largest absolute Gasteiger partial charge is 0.327 e. The Morgan fingerprint density at radius 2 is 2.29 bits per heavy atom. The Labute approximate surface area is 91.2 Å². The summed E-state index contributed by atoms with van der Waals surface area (Å²) >= 11 is 5.91. The first kappa shape index (κ1) is 12.0. The van der Waals surface area contributed by atoms with Gasteiger partial charge >= 0.3 is 0 Å². The average molecular weight is 218 g/mol. The van der Waals surface area contributed by atoms with Gasteiger partial charge in [-0.3, -0.25) is 4.79 Å². The zero-order valence-electron chi connectivity index (χ0n) is 8.84. The van der Waals surface area contributed by atoms with Crippen LogP contribution < -0.4 is 5.73 Å². The van der Waals surface area contributed by atoms with Gasteiger partial charge in [0, 0.05) is 24.3 Å². The Kier molecular flexibility index (Phi) is 4.90. The highest BCUT2D eigenvalue weighted by Gasteiger charge is 2.32. The second-order valence-electron chi connectivity index (χ2n) is 4.21. The molecule has 0 saturated heterocycles. The molecule has 1 aliphatic rings. The van der Waals surface area contributed by atoms with Crippen molar-refractivity contribution >= 4 is 17.4 Å². The van der Waals surface area contributed by atoms with Gasteiger partial charge in [0.1, 0.15) is 5.78 Å². The predicted octanol–water partition coefficient (Wildman–Crippen LogP) is 2.34. The normalized spacial score (nSPS) is 27.4. The van der Waals surface area contributed by atoms with E-state index in [9.17, 15) is 4.79 Å². The van der Waals surface area contributed by atoms with Crippen molar-refractivity contribution in [2.45, 2.75) is 45.1 Å². The minimum absolute atomic E-state index is 0.0829. The second kappa shape index (κ2) is 5.72. The lowest BCUT2D eigenvalue weighted by Gasteiger charge is -2.31.